The van der Waals surface area contributed by atoms with Crippen LogP contribution in [-0.4, -0.2) is 140 Å². The molecule has 0 aliphatic heterocycles. The average Bonchev–Trinajstić information content (AvgIpc) is 3.07. The Morgan fingerprint density at radius 3 is 0.831 bits per heavy atom. The highest BCUT2D eigenvalue weighted by atomic mass is 35.5. The van der Waals surface area contributed by atoms with E-state index in [-0.39, 0.29) is 7.11 Å². The highest BCUT2D eigenvalue weighted by Gasteiger charge is 2.77. The molecule has 0 bridgehead atoms. The Morgan fingerprint density at radius 1 is 0.458 bits per heavy atom. The predicted octanol–water partition coefficient (Wildman–Crippen LogP) is 5.54. The molecule has 0 rings (SSSR count). The van der Waals surface area contributed by atoms with Crippen LogP contribution in [0.5, 0.6) is 0 Å². The third kappa shape index (κ3) is 23.6. The first kappa shape index (κ1) is 66.3. The van der Waals surface area contributed by atoms with Crippen molar-refractivity contribution >= 4 is 57.6 Å². The van der Waals surface area contributed by atoms with Crippen molar-refractivity contribution in [2.45, 2.75) is 53.4 Å². The van der Waals surface area contributed by atoms with Crippen molar-refractivity contribution in [1.82, 2.24) is 0 Å². The second-order valence-electron chi connectivity index (χ2n) is 7.95. The van der Waals surface area contributed by atoms with Gasteiger partial charge in [-0.1, -0.05) is 3.89 Å². The van der Waals surface area contributed by atoms with Crippen LogP contribution in [0, 0.1) is 0 Å². The minimum atomic E-state index is -6.52. The minimum Gasteiger partial charge on any atom is -0.465 e. The van der Waals surface area contributed by atoms with E-state index >= 15 is 0 Å². The smallest absolute Gasteiger partial charge is 0.465 e. The van der Waals surface area contributed by atoms with Crippen LogP contribution in [0.15, 0.2) is 0 Å². The van der Waals surface area contributed by atoms with Gasteiger partial charge in [-0.25, -0.2) is 28.8 Å². The first-order chi connectivity index (χ1) is 25.6. The molecule has 0 radical (unpaired) electrons. The number of hydrogen-bond acceptors (Lipinski definition) is 14. The van der Waals surface area contributed by atoms with E-state index in [1.165, 1.54) is 0 Å². The van der Waals surface area contributed by atoms with Gasteiger partial charge in [0.05, 0.1) is 42.7 Å². The zero-order chi connectivity index (χ0) is 49.8. The minimum absolute atomic E-state index is 0.267. The van der Waals surface area contributed by atoms with E-state index in [2.05, 4.69) is 40.0 Å². The van der Waals surface area contributed by atoms with Gasteiger partial charge in [-0.15, -0.1) is 0 Å². The maximum atomic E-state index is 12.1. The average molecular weight is 981 g/mol. The third-order valence-electron chi connectivity index (χ3n) is 3.93. The van der Waals surface area contributed by atoms with E-state index < -0.39 is 99.4 Å². The first-order valence-corrected chi connectivity index (χ1v) is 13.9. The molecule has 0 heterocycles. The zero-order valence-electron chi connectivity index (χ0n) is 28.4. The molecule has 0 atom stereocenters. The lowest BCUT2D eigenvalue weighted by Crippen LogP contribution is -2.56. The molecule has 0 N–H and O–H groups in total. The first-order valence-electron chi connectivity index (χ1n) is 12.1. The fourth-order valence-electron chi connectivity index (χ4n) is 1.22. The van der Waals surface area contributed by atoms with Gasteiger partial charge in [0.1, 0.15) is 0 Å². The molecule has 0 spiro atoms. The summed E-state index contributed by atoms with van der Waals surface area (Å²) in [6.45, 7) is 0. The van der Waals surface area contributed by atoms with Crippen LogP contribution in [0.25, 0.3) is 0 Å². The normalized spacial score (nSPS) is 12.2. The number of alkyl halides is 22. The standard InChI is InChI=1S/C5H3F7O2.C4H3F5O2.C3H3ClF2O2.C3H3F3O4S.C3H3F3O2.C3H4F2O2/c1-14-2(13)3(6,7)4(8,9)5(10,11)12;1-11-2(10)3(5,6)4(7,8)9;1-8-2(7)3(4,5)6;1-10-2(7)3(4,5)11(6,8)9;1-8-2(7)3(4,5)6;1-7-3(6)2(4)5/h1H3;1H3;1H3;1H3;1H3;2H,1H3. The van der Waals surface area contributed by atoms with Crippen molar-refractivity contribution in [2.75, 3.05) is 42.7 Å². The molecule has 0 aromatic rings. The number of esters is 6. The second-order valence-corrected chi connectivity index (χ2v) is 9.81. The molecule has 0 aromatic heterocycles. The van der Waals surface area contributed by atoms with Crippen molar-refractivity contribution in [3.05, 3.63) is 0 Å². The van der Waals surface area contributed by atoms with Crippen molar-refractivity contribution in [3.8, 4) is 0 Å². The SMILES string of the molecule is COC(=O)C(F)(F)C(F)(F)C(F)(F)F.COC(=O)C(F)(F)C(F)(F)F.COC(=O)C(F)(F)Cl.COC(=O)C(F)(F)F.COC(=O)C(F)(F)S(=O)(=O)F.COC(=O)C(F)F. The fourth-order valence-corrected chi connectivity index (χ4v) is 1.58. The molecule has 38 heteroatoms. The van der Waals surface area contributed by atoms with Gasteiger partial charge in [-0.3, -0.25) is 0 Å². The Hall–Kier alpha value is -4.48. The van der Waals surface area contributed by atoms with E-state index in [1.54, 1.807) is 0 Å². The molecule has 0 aliphatic rings. The lowest BCUT2D eigenvalue weighted by molar-refractivity contribution is -0.348. The molecular formula is C21H19ClF22O14S. The van der Waals surface area contributed by atoms with Gasteiger partial charge in [-0.2, -0.15) is 101 Å². The second kappa shape index (κ2) is 25.2. The molecule has 0 fully saturated rings. The largest absolute Gasteiger partial charge is 0.490 e. The lowest BCUT2D eigenvalue weighted by Gasteiger charge is -2.25. The summed E-state index contributed by atoms with van der Waals surface area (Å²) in [5.74, 6) is -31.2. The van der Waals surface area contributed by atoms with E-state index in [0.717, 1.165) is 14.2 Å². The van der Waals surface area contributed by atoms with Crippen LogP contribution in [-0.2, 0) is 67.4 Å². The molecule has 0 unspecified atom stereocenters. The monoisotopic (exact) mass is 980 g/mol. The van der Waals surface area contributed by atoms with Gasteiger partial charge in [0.2, 0.25) is 0 Å². The molecule has 0 saturated heterocycles. The molecule has 59 heavy (non-hydrogen) atoms. The number of carbonyl (C=O) groups excluding carboxylic acids is 6. The topological polar surface area (TPSA) is 192 Å². The predicted molar refractivity (Wildman–Crippen MR) is 137 cm³/mol. The van der Waals surface area contributed by atoms with Crippen LogP contribution < -0.4 is 0 Å². The van der Waals surface area contributed by atoms with Gasteiger partial charge in [0.25, 0.3) is 0 Å². The van der Waals surface area contributed by atoms with Gasteiger partial charge in [0.15, 0.2) is 0 Å². The van der Waals surface area contributed by atoms with E-state index in [1.807, 2.05) is 0 Å². The Labute approximate surface area is 316 Å². The maximum absolute atomic E-state index is 12.1. The number of methoxy groups -OCH3 is 6. The molecular weight excluding hydrogens is 962 g/mol. The summed E-state index contributed by atoms with van der Waals surface area (Å²) in [7, 11) is -2.57. The summed E-state index contributed by atoms with van der Waals surface area (Å²) in [5.41, 5.74) is 0. The summed E-state index contributed by atoms with van der Waals surface area (Å²) < 4.78 is 292. The van der Waals surface area contributed by atoms with Crippen molar-refractivity contribution in [3.63, 3.8) is 0 Å². The van der Waals surface area contributed by atoms with Crippen molar-refractivity contribution < 1.29 is 162 Å². The van der Waals surface area contributed by atoms with Crippen LogP contribution in [0.3, 0.4) is 0 Å². The Morgan fingerprint density at radius 2 is 0.746 bits per heavy atom. The van der Waals surface area contributed by atoms with E-state index in [0.29, 0.717) is 21.3 Å². The van der Waals surface area contributed by atoms with Crippen molar-refractivity contribution in [2.24, 2.45) is 0 Å². The van der Waals surface area contributed by atoms with E-state index in [9.17, 15) is 133 Å². The highest BCUT2D eigenvalue weighted by molar-refractivity contribution is 7.88. The molecule has 0 aromatic carbocycles. The summed E-state index contributed by atoms with van der Waals surface area (Å²) >= 11 is 4.18. The molecule has 0 saturated carbocycles. The van der Waals surface area contributed by atoms with Crippen molar-refractivity contribution in [1.29, 1.82) is 0 Å². The number of carbonyl (C=O) groups is 6. The van der Waals surface area contributed by atoms with Crippen LogP contribution >= 0.6 is 11.6 Å². The zero-order valence-corrected chi connectivity index (χ0v) is 30.0. The summed E-state index contributed by atoms with van der Waals surface area (Å²) in [6, 6.07) is 0. The Balaban J connectivity index is -0.000000145. The number of ether oxygens (including phenoxy) is 6. The van der Waals surface area contributed by atoms with Crippen LogP contribution in [0.2, 0.25) is 0 Å². The number of halogens is 23. The Kier molecular flexibility index (Phi) is 28.3. The highest BCUT2D eigenvalue weighted by Crippen LogP contribution is 2.46. The van der Waals surface area contributed by atoms with E-state index in [4.69, 9.17) is 0 Å². The summed E-state index contributed by atoms with van der Waals surface area (Å²) in [6.07, 6.45) is -20.3. The van der Waals surface area contributed by atoms with Gasteiger partial charge in [0, 0.05) is 0 Å². The third-order valence-corrected chi connectivity index (χ3v) is 4.87. The molecule has 354 valence electrons. The lowest BCUT2D eigenvalue weighted by atomic mass is 10.1. The molecule has 14 nitrogen and oxygen atoms in total. The van der Waals surface area contributed by atoms with Crippen LogP contribution in [0.1, 0.15) is 0 Å². The fraction of sp³-hybridized carbons (Fsp3) is 0.714. The molecule has 0 aliphatic carbocycles. The van der Waals surface area contributed by atoms with Crippen LogP contribution in [0.4, 0.5) is 96.1 Å². The Bertz CT molecular complexity index is 1430. The van der Waals surface area contributed by atoms with Gasteiger partial charge in [-0.05, 0) is 11.6 Å². The number of rotatable bonds is 7. The summed E-state index contributed by atoms with van der Waals surface area (Å²) in [4.78, 5) is 58.4. The number of hydrogen-bond donors (Lipinski definition) is 0. The maximum Gasteiger partial charge on any atom is 0.490 e. The molecule has 0 amide bonds. The summed E-state index contributed by atoms with van der Waals surface area (Å²) in [5, 5.41) is -8.99. The van der Waals surface area contributed by atoms with Gasteiger partial charge < -0.3 is 28.4 Å². The quantitative estimate of drug-likeness (QED) is 0.102. The van der Waals surface area contributed by atoms with Gasteiger partial charge >= 0.3 is 99.4 Å².